The van der Waals surface area contributed by atoms with Crippen molar-refractivity contribution in [3.8, 4) is 10.6 Å². The van der Waals surface area contributed by atoms with Crippen molar-refractivity contribution in [1.29, 1.82) is 0 Å². The average molecular weight is 264 g/mol. The molecule has 0 aliphatic carbocycles. The highest BCUT2D eigenvalue weighted by Gasteiger charge is 2.13. The van der Waals surface area contributed by atoms with Gasteiger partial charge < -0.3 is 9.73 Å². The summed E-state index contributed by atoms with van der Waals surface area (Å²) in [6, 6.07) is 4.33. The van der Waals surface area contributed by atoms with Crippen molar-refractivity contribution in [3.05, 3.63) is 29.6 Å². The topological polar surface area (TPSA) is 38.1 Å². The summed E-state index contributed by atoms with van der Waals surface area (Å²) in [6.45, 7) is 3.78. The van der Waals surface area contributed by atoms with E-state index in [0.717, 1.165) is 29.4 Å². The first-order valence-corrected chi connectivity index (χ1v) is 7.18. The third kappa shape index (κ3) is 2.01. The molecule has 0 fully saturated rings. The summed E-state index contributed by atoms with van der Waals surface area (Å²) in [6.07, 6.45) is 1.52. The van der Waals surface area contributed by atoms with Crippen LogP contribution in [-0.4, -0.2) is 11.5 Å². The molecule has 1 N–H and O–H groups in total. The number of hydrogen-bond donors (Lipinski definition) is 1. The second-order valence-electron chi connectivity index (χ2n) is 3.67. The van der Waals surface area contributed by atoms with Crippen LogP contribution >= 0.6 is 22.7 Å². The molecule has 0 aromatic carbocycles. The molecule has 3 aromatic heterocycles. The van der Waals surface area contributed by atoms with Gasteiger partial charge in [-0.25, -0.2) is 4.98 Å². The van der Waals surface area contributed by atoms with Gasteiger partial charge >= 0.3 is 0 Å². The number of nitrogens with one attached hydrogen (secondary N) is 1. The molecule has 3 aromatic rings. The van der Waals surface area contributed by atoms with Crippen molar-refractivity contribution >= 4 is 32.1 Å². The van der Waals surface area contributed by atoms with Crippen LogP contribution in [0.5, 0.6) is 0 Å². The van der Waals surface area contributed by atoms with E-state index in [1.54, 1.807) is 22.7 Å². The Labute approximate surface area is 107 Å². The first kappa shape index (κ1) is 11.0. The van der Waals surface area contributed by atoms with E-state index in [1.165, 1.54) is 15.8 Å². The highest BCUT2D eigenvalue weighted by molar-refractivity contribution is 7.28. The van der Waals surface area contributed by atoms with E-state index in [1.807, 2.05) is 0 Å². The van der Waals surface area contributed by atoms with Crippen LogP contribution in [0.1, 0.15) is 12.6 Å². The SMILES string of the molecule is CCNCc1ncoc1-c1cc2sccc2s1. The summed E-state index contributed by atoms with van der Waals surface area (Å²) < 4.78 is 8.14. The fourth-order valence-corrected chi connectivity index (χ4v) is 3.84. The monoisotopic (exact) mass is 264 g/mol. The van der Waals surface area contributed by atoms with Crippen LogP contribution in [0, 0.1) is 0 Å². The van der Waals surface area contributed by atoms with Crippen LogP contribution in [0.2, 0.25) is 0 Å². The number of hydrogen-bond acceptors (Lipinski definition) is 5. The van der Waals surface area contributed by atoms with E-state index >= 15 is 0 Å². The van der Waals surface area contributed by atoms with Crippen LogP contribution < -0.4 is 5.32 Å². The Hall–Kier alpha value is -1.17. The summed E-state index contributed by atoms with van der Waals surface area (Å²) in [7, 11) is 0. The van der Waals surface area contributed by atoms with E-state index in [2.05, 4.69) is 34.7 Å². The minimum Gasteiger partial charge on any atom is -0.442 e. The molecular formula is C12H12N2OS2. The number of thiophene rings is 2. The quantitative estimate of drug-likeness (QED) is 0.780. The fourth-order valence-electron chi connectivity index (χ4n) is 1.72. The molecule has 0 saturated heterocycles. The summed E-state index contributed by atoms with van der Waals surface area (Å²) in [5.74, 6) is 0.902. The maximum atomic E-state index is 5.51. The third-order valence-electron chi connectivity index (χ3n) is 2.55. The molecule has 88 valence electrons. The Kier molecular flexibility index (Phi) is 2.96. The summed E-state index contributed by atoms with van der Waals surface area (Å²) in [5.41, 5.74) is 0.987. The number of fused-ring (bicyclic) bond motifs is 1. The Bertz CT molecular complexity index is 595. The molecule has 0 spiro atoms. The van der Waals surface area contributed by atoms with Gasteiger partial charge in [0.05, 0.1) is 4.88 Å². The van der Waals surface area contributed by atoms with E-state index in [-0.39, 0.29) is 0 Å². The van der Waals surface area contributed by atoms with Crippen molar-refractivity contribution in [2.24, 2.45) is 0 Å². The van der Waals surface area contributed by atoms with Gasteiger partial charge in [-0.3, -0.25) is 0 Å². The van der Waals surface area contributed by atoms with Crippen LogP contribution in [0.15, 0.2) is 28.3 Å². The van der Waals surface area contributed by atoms with Crippen LogP contribution in [0.4, 0.5) is 0 Å². The van der Waals surface area contributed by atoms with Crippen molar-refractivity contribution in [2.45, 2.75) is 13.5 Å². The molecule has 17 heavy (non-hydrogen) atoms. The van der Waals surface area contributed by atoms with Gasteiger partial charge in [-0.05, 0) is 24.1 Å². The molecule has 0 radical (unpaired) electrons. The van der Waals surface area contributed by atoms with Crippen molar-refractivity contribution in [1.82, 2.24) is 10.3 Å². The number of aromatic nitrogens is 1. The van der Waals surface area contributed by atoms with Gasteiger partial charge in [-0.15, -0.1) is 22.7 Å². The molecular weight excluding hydrogens is 252 g/mol. The van der Waals surface area contributed by atoms with Crippen molar-refractivity contribution in [3.63, 3.8) is 0 Å². The molecule has 5 heteroatoms. The van der Waals surface area contributed by atoms with Gasteiger partial charge in [0.2, 0.25) is 0 Å². The summed E-state index contributed by atoms with van der Waals surface area (Å²) in [5, 5.41) is 5.39. The Morgan fingerprint density at radius 2 is 2.35 bits per heavy atom. The molecule has 0 aliphatic heterocycles. The fraction of sp³-hybridized carbons (Fsp3) is 0.250. The Morgan fingerprint density at radius 3 is 3.18 bits per heavy atom. The third-order valence-corrected chi connectivity index (χ3v) is 4.64. The number of nitrogens with zero attached hydrogens (tertiary/aromatic N) is 1. The minimum atomic E-state index is 0.758. The molecule has 0 bridgehead atoms. The van der Waals surface area contributed by atoms with E-state index in [9.17, 15) is 0 Å². The highest BCUT2D eigenvalue weighted by Crippen LogP contribution is 2.37. The molecule has 0 amide bonds. The summed E-state index contributed by atoms with van der Waals surface area (Å²) >= 11 is 3.52. The van der Waals surface area contributed by atoms with Gasteiger partial charge in [0.25, 0.3) is 0 Å². The van der Waals surface area contributed by atoms with Gasteiger partial charge in [-0.1, -0.05) is 6.92 Å². The largest absolute Gasteiger partial charge is 0.442 e. The lowest BCUT2D eigenvalue weighted by Gasteiger charge is -1.99. The average Bonchev–Trinajstić information content (AvgIpc) is 2.99. The normalized spacial score (nSPS) is 11.4. The lowest BCUT2D eigenvalue weighted by atomic mass is 10.3. The predicted octanol–water partition coefficient (Wildman–Crippen LogP) is 3.73. The van der Waals surface area contributed by atoms with E-state index in [0.29, 0.717) is 0 Å². The van der Waals surface area contributed by atoms with Gasteiger partial charge in [0, 0.05) is 15.9 Å². The molecule has 3 rings (SSSR count). The first-order valence-electron chi connectivity index (χ1n) is 5.49. The van der Waals surface area contributed by atoms with Crippen LogP contribution in [0.3, 0.4) is 0 Å². The van der Waals surface area contributed by atoms with E-state index in [4.69, 9.17) is 4.42 Å². The lowest BCUT2D eigenvalue weighted by Crippen LogP contribution is -2.12. The maximum absolute atomic E-state index is 5.51. The second-order valence-corrected chi connectivity index (χ2v) is 5.70. The zero-order valence-electron chi connectivity index (χ0n) is 9.40. The van der Waals surface area contributed by atoms with Crippen molar-refractivity contribution < 1.29 is 4.42 Å². The van der Waals surface area contributed by atoms with Crippen molar-refractivity contribution in [2.75, 3.05) is 6.54 Å². The highest BCUT2D eigenvalue weighted by atomic mass is 32.1. The van der Waals surface area contributed by atoms with Gasteiger partial charge in [0.15, 0.2) is 12.2 Å². The second kappa shape index (κ2) is 4.60. The van der Waals surface area contributed by atoms with E-state index < -0.39 is 0 Å². The minimum absolute atomic E-state index is 0.758. The lowest BCUT2D eigenvalue weighted by molar-refractivity contribution is 0.571. The zero-order chi connectivity index (χ0) is 11.7. The Balaban J connectivity index is 1.97. The molecule has 3 heterocycles. The summed E-state index contributed by atoms with van der Waals surface area (Å²) in [4.78, 5) is 5.43. The first-order chi connectivity index (χ1) is 8.38. The molecule has 3 nitrogen and oxygen atoms in total. The number of oxazole rings is 1. The molecule has 0 atom stereocenters. The zero-order valence-corrected chi connectivity index (χ0v) is 11.0. The molecule has 0 aliphatic rings. The molecule has 0 unspecified atom stereocenters. The van der Waals surface area contributed by atoms with Crippen LogP contribution in [-0.2, 0) is 6.54 Å². The smallest absolute Gasteiger partial charge is 0.181 e. The Morgan fingerprint density at radius 1 is 1.41 bits per heavy atom. The van der Waals surface area contributed by atoms with Crippen LogP contribution in [0.25, 0.3) is 20.0 Å². The number of rotatable bonds is 4. The predicted molar refractivity (Wildman–Crippen MR) is 72.6 cm³/mol. The maximum Gasteiger partial charge on any atom is 0.181 e. The van der Waals surface area contributed by atoms with Gasteiger partial charge in [0.1, 0.15) is 5.69 Å². The standard InChI is InChI=1S/C12H12N2OS2/c1-2-13-6-8-12(15-7-14-8)11-5-10-9(17-11)3-4-16-10/h3-5,7,13H,2,6H2,1H3. The molecule has 0 saturated carbocycles. The van der Waals surface area contributed by atoms with Gasteiger partial charge in [-0.2, -0.15) is 0 Å².